The lowest BCUT2D eigenvalue weighted by Crippen LogP contribution is -2.33. The molecule has 2 aromatic carbocycles. The summed E-state index contributed by atoms with van der Waals surface area (Å²) in [5.41, 5.74) is 1.02. The van der Waals surface area contributed by atoms with Crippen molar-refractivity contribution in [1.82, 2.24) is 9.88 Å². The topological polar surface area (TPSA) is 79.8 Å². The molecule has 0 atom stereocenters. The first kappa shape index (κ1) is 22.2. The van der Waals surface area contributed by atoms with Crippen molar-refractivity contribution in [2.75, 3.05) is 45.5 Å². The average molecular weight is 448 g/mol. The number of carbonyl (C=O) groups is 1. The van der Waals surface area contributed by atoms with E-state index >= 15 is 0 Å². The van der Waals surface area contributed by atoms with Gasteiger partial charge in [0.15, 0.2) is 15.0 Å². The minimum Gasteiger partial charge on any atom is -0.494 e. The average Bonchev–Trinajstić information content (AvgIpc) is 3.14. The predicted molar refractivity (Wildman–Crippen MR) is 121 cm³/mol. The van der Waals surface area contributed by atoms with Crippen LogP contribution in [0, 0.1) is 0 Å². The Balaban J connectivity index is 2.01. The fraction of sp³-hybridized carbons (Fsp3) is 0.333. The molecule has 0 aliphatic rings. The number of anilines is 1. The van der Waals surface area contributed by atoms with Gasteiger partial charge in [0.25, 0.3) is 5.91 Å². The molecule has 0 aliphatic heterocycles. The summed E-state index contributed by atoms with van der Waals surface area (Å²) in [5.74, 6) is 0.368. The number of ether oxygens (including phenoxy) is 1. The summed E-state index contributed by atoms with van der Waals surface area (Å²) in [7, 11) is 2.13. The minimum atomic E-state index is -3.41. The minimum absolute atomic E-state index is 0.118. The van der Waals surface area contributed by atoms with Crippen LogP contribution in [0.1, 0.15) is 16.8 Å². The number of para-hydroxylation sites is 1. The number of hydrogen-bond acceptors (Lipinski definition) is 7. The van der Waals surface area contributed by atoms with Gasteiger partial charge < -0.3 is 9.64 Å². The summed E-state index contributed by atoms with van der Waals surface area (Å²) >= 11 is 1.41. The van der Waals surface area contributed by atoms with E-state index in [2.05, 4.69) is 4.98 Å². The molecule has 0 aliphatic carbocycles. The van der Waals surface area contributed by atoms with Crippen LogP contribution >= 0.6 is 11.3 Å². The first-order chi connectivity index (χ1) is 14.2. The summed E-state index contributed by atoms with van der Waals surface area (Å²) < 4.78 is 30.2. The molecular weight excluding hydrogens is 422 g/mol. The van der Waals surface area contributed by atoms with Gasteiger partial charge in [-0.2, -0.15) is 0 Å². The van der Waals surface area contributed by atoms with Crippen LogP contribution in [0.4, 0.5) is 5.13 Å². The normalized spacial score (nSPS) is 11.8. The second kappa shape index (κ2) is 9.11. The maximum absolute atomic E-state index is 13.4. The number of rotatable bonds is 8. The van der Waals surface area contributed by atoms with Crippen molar-refractivity contribution in [3.63, 3.8) is 0 Å². The smallest absolute Gasteiger partial charge is 0.260 e. The molecule has 160 valence electrons. The van der Waals surface area contributed by atoms with Crippen molar-refractivity contribution in [3.05, 3.63) is 48.0 Å². The molecule has 7 nitrogen and oxygen atoms in total. The molecule has 0 N–H and O–H groups in total. The van der Waals surface area contributed by atoms with Crippen molar-refractivity contribution >= 4 is 42.4 Å². The van der Waals surface area contributed by atoms with Crippen molar-refractivity contribution in [3.8, 4) is 5.75 Å². The summed E-state index contributed by atoms with van der Waals surface area (Å²) in [6.45, 7) is 1.27. The Bertz CT molecular complexity index is 1160. The van der Waals surface area contributed by atoms with E-state index in [9.17, 15) is 13.2 Å². The quantitative estimate of drug-likeness (QED) is 0.527. The fourth-order valence-electron chi connectivity index (χ4n) is 3.04. The van der Waals surface area contributed by atoms with E-state index in [0.717, 1.165) is 23.9 Å². The van der Waals surface area contributed by atoms with E-state index in [1.54, 1.807) is 24.1 Å². The van der Waals surface area contributed by atoms with Crippen LogP contribution in [0.15, 0.2) is 47.4 Å². The zero-order valence-corrected chi connectivity index (χ0v) is 19.1. The molecule has 1 amide bonds. The summed E-state index contributed by atoms with van der Waals surface area (Å²) in [5, 5.41) is 0.558. The standard InChI is InChI=1S/C21H25N3O4S2/c1-23(2)12-7-13-24(20(25)15-8-5-9-16(14-15)30(4,26)27)21-22-19-17(28-3)10-6-11-18(19)29-21/h5-6,8-11,14H,7,12-13H2,1-4H3. The second-order valence-corrected chi connectivity index (χ2v) is 10.2. The molecule has 0 saturated carbocycles. The Kier molecular flexibility index (Phi) is 6.74. The van der Waals surface area contributed by atoms with Crippen LogP contribution in [0.25, 0.3) is 10.2 Å². The van der Waals surface area contributed by atoms with Gasteiger partial charge in [0.05, 0.1) is 16.7 Å². The Labute approximate surface area is 180 Å². The molecule has 0 saturated heterocycles. The Morgan fingerprint density at radius 3 is 2.53 bits per heavy atom. The lowest BCUT2D eigenvalue weighted by molar-refractivity contribution is 0.0986. The Morgan fingerprint density at radius 1 is 1.13 bits per heavy atom. The number of benzene rings is 2. The SMILES string of the molecule is COc1cccc2sc(N(CCCN(C)C)C(=O)c3cccc(S(C)(=O)=O)c3)nc12. The van der Waals surface area contributed by atoms with E-state index in [1.165, 1.54) is 23.5 Å². The summed E-state index contributed by atoms with van der Waals surface area (Å²) in [6, 6.07) is 11.8. The third-order valence-electron chi connectivity index (χ3n) is 4.56. The number of carbonyl (C=O) groups excluding carboxylic acids is 1. The number of nitrogens with zero attached hydrogens (tertiary/aromatic N) is 3. The van der Waals surface area contributed by atoms with Gasteiger partial charge in [-0.25, -0.2) is 13.4 Å². The highest BCUT2D eigenvalue weighted by atomic mass is 32.2. The molecule has 3 aromatic rings. The van der Waals surface area contributed by atoms with Gasteiger partial charge in [0, 0.05) is 18.4 Å². The number of hydrogen-bond donors (Lipinski definition) is 0. The van der Waals surface area contributed by atoms with Gasteiger partial charge >= 0.3 is 0 Å². The van der Waals surface area contributed by atoms with Crippen molar-refractivity contribution < 1.29 is 17.9 Å². The van der Waals surface area contributed by atoms with Gasteiger partial charge in [-0.3, -0.25) is 9.69 Å². The molecule has 0 unspecified atom stereocenters. The molecule has 0 fully saturated rings. The zero-order valence-electron chi connectivity index (χ0n) is 17.5. The van der Waals surface area contributed by atoms with Crippen molar-refractivity contribution in [2.24, 2.45) is 0 Å². The molecule has 9 heteroatoms. The van der Waals surface area contributed by atoms with Crippen LogP contribution in [0.5, 0.6) is 5.75 Å². The molecule has 3 rings (SSSR count). The third kappa shape index (κ3) is 4.97. The molecule has 0 radical (unpaired) electrons. The first-order valence-electron chi connectivity index (χ1n) is 9.41. The van der Waals surface area contributed by atoms with Crippen molar-refractivity contribution in [2.45, 2.75) is 11.3 Å². The largest absolute Gasteiger partial charge is 0.494 e. The highest BCUT2D eigenvalue weighted by Crippen LogP contribution is 2.34. The van der Waals surface area contributed by atoms with Crippen LogP contribution in [0.2, 0.25) is 0 Å². The van der Waals surface area contributed by atoms with Gasteiger partial charge in [-0.1, -0.05) is 23.5 Å². The third-order valence-corrected chi connectivity index (χ3v) is 6.72. The molecular formula is C21H25N3O4S2. The van der Waals surface area contributed by atoms with E-state index in [4.69, 9.17) is 4.74 Å². The second-order valence-electron chi connectivity index (χ2n) is 7.22. The van der Waals surface area contributed by atoms with E-state index in [0.29, 0.717) is 28.5 Å². The van der Waals surface area contributed by atoms with Crippen LogP contribution in [-0.2, 0) is 9.84 Å². The number of thiazole rings is 1. The number of amides is 1. The van der Waals surface area contributed by atoms with Gasteiger partial charge in [0.2, 0.25) is 0 Å². The van der Waals surface area contributed by atoms with E-state index < -0.39 is 9.84 Å². The van der Waals surface area contributed by atoms with Gasteiger partial charge in [0.1, 0.15) is 11.3 Å². The first-order valence-corrected chi connectivity index (χ1v) is 12.1. The van der Waals surface area contributed by atoms with Crippen LogP contribution < -0.4 is 9.64 Å². The molecule has 0 bridgehead atoms. The molecule has 1 aromatic heterocycles. The lowest BCUT2D eigenvalue weighted by Gasteiger charge is -2.21. The van der Waals surface area contributed by atoms with Crippen LogP contribution in [0.3, 0.4) is 0 Å². The lowest BCUT2D eigenvalue weighted by atomic mass is 10.2. The maximum atomic E-state index is 13.4. The Hall–Kier alpha value is -2.49. The predicted octanol–water partition coefficient (Wildman–Crippen LogP) is 3.31. The van der Waals surface area contributed by atoms with Crippen LogP contribution in [-0.4, -0.2) is 64.8 Å². The zero-order chi connectivity index (χ0) is 21.9. The molecule has 0 spiro atoms. The number of sulfone groups is 1. The summed E-state index contributed by atoms with van der Waals surface area (Å²) in [4.78, 5) is 21.8. The molecule has 30 heavy (non-hydrogen) atoms. The van der Waals surface area contributed by atoms with E-state index in [-0.39, 0.29) is 10.8 Å². The number of fused-ring (bicyclic) bond motifs is 1. The van der Waals surface area contributed by atoms with Gasteiger partial charge in [-0.15, -0.1) is 0 Å². The van der Waals surface area contributed by atoms with E-state index in [1.807, 2.05) is 37.2 Å². The fourth-order valence-corrected chi connectivity index (χ4v) is 4.71. The molecule has 1 heterocycles. The number of aromatic nitrogens is 1. The Morgan fingerprint density at radius 2 is 1.87 bits per heavy atom. The maximum Gasteiger partial charge on any atom is 0.260 e. The monoisotopic (exact) mass is 447 g/mol. The van der Waals surface area contributed by atoms with Crippen molar-refractivity contribution in [1.29, 1.82) is 0 Å². The number of methoxy groups -OCH3 is 1. The van der Waals surface area contributed by atoms with Gasteiger partial charge in [-0.05, 0) is 57.4 Å². The highest BCUT2D eigenvalue weighted by molar-refractivity contribution is 7.90. The summed E-state index contributed by atoms with van der Waals surface area (Å²) in [6.07, 6.45) is 1.88. The highest BCUT2D eigenvalue weighted by Gasteiger charge is 2.23.